The van der Waals surface area contributed by atoms with Gasteiger partial charge < -0.3 is 9.84 Å². The van der Waals surface area contributed by atoms with Crippen molar-refractivity contribution < 1.29 is 4.42 Å². The molecule has 0 saturated carbocycles. The van der Waals surface area contributed by atoms with Crippen LogP contribution in [0.2, 0.25) is 0 Å². The monoisotopic (exact) mass is 318 g/mol. The van der Waals surface area contributed by atoms with Crippen LogP contribution in [-0.4, -0.2) is 5.71 Å². The molecule has 0 bridgehead atoms. The number of rotatable bonds is 2. The zero-order chi connectivity index (χ0) is 16.7. The predicted octanol–water partition coefficient (Wildman–Crippen LogP) is 3.85. The van der Waals surface area contributed by atoms with E-state index in [1.54, 1.807) is 6.07 Å². The van der Waals surface area contributed by atoms with Crippen LogP contribution in [0, 0.1) is 13.8 Å². The molecule has 1 aliphatic rings. The molecule has 1 aliphatic heterocycles. The van der Waals surface area contributed by atoms with Gasteiger partial charge in [0.1, 0.15) is 5.58 Å². The molecule has 3 aromatic rings. The van der Waals surface area contributed by atoms with E-state index < -0.39 is 0 Å². The number of hydrogen-bond donors (Lipinski definition) is 1. The average molecular weight is 318 g/mol. The van der Waals surface area contributed by atoms with Crippen molar-refractivity contribution in [3.05, 3.63) is 81.2 Å². The second-order valence-electron chi connectivity index (χ2n) is 6.29. The largest absolute Gasteiger partial charge is 0.422 e. The first-order chi connectivity index (χ1) is 11.6. The van der Waals surface area contributed by atoms with Gasteiger partial charge in [0, 0.05) is 11.8 Å². The van der Waals surface area contributed by atoms with Gasteiger partial charge in [-0.2, -0.15) is 5.10 Å². The topological polar surface area (TPSA) is 54.6 Å². The predicted molar refractivity (Wildman–Crippen MR) is 95.4 cm³/mol. The minimum Gasteiger partial charge on any atom is -0.422 e. The first-order valence-electron chi connectivity index (χ1n) is 8.04. The third-order valence-electron chi connectivity index (χ3n) is 4.52. The molecule has 4 heteroatoms. The molecule has 24 heavy (non-hydrogen) atoms. The van der Waals surface area contributed by atoms with Gasteiger partial charge in [-0.25, -0.2) is 4.79 Å². The Bertz CT molecular complexity index is 1020. The molecule has 4 nitrogen and oxygen atoms in total. The molecule has 1 aromatic heterocycles. The van der Waals surface area contributed by atoms with Crippen LogP contribution in [0.25, 0.3) is 11.0 Å². The first kappa shape index (κ1) is 14.7. The summed E-state index contributed by atoms with van der Waals surface area (Å²) in [5, 5.41) is 5.32. The van der Waals surface area contributed by atoms with E-state index >= 15 is 0 Å². The molecule has 0 fully saturated rings. The molecule has 2 heterocycles. The van der Waals surface area contributed by atoms with Crippen LogP contribution in [0.1, 0.15) is 34.7 Å². The molecule has 0 spiro atoms. The summed E-state index contributed by atoms with van der Waals surface area (Å²) in [6.45, 7) is 4.18. The number of nitrogens with zero attached hydrogens (tertiary/aromatic N) is 1. The Kier molecular flexibility index (Phi) is 3.45. The Labute approximate surface area is 139 Å². The van der Waals surface area contributed by atoms with E-state index in [9.17, 15) is 4.79 Å². The highest BCUT2D eigenvalue weighted by Crippen LogP contribution is 2.27. The van der Waals surface area contributed by atoms with Gasteiger partial charge in [-0.3, -0.25) is 0 Å². The fourth-order valence-electron chi connectivity index (χ4n) is 3.19. The summed E-state index contributed by atoms with van der Waals surface area (Å²) in [5.41, 5.74) is 8.38. The van der Waals surface area contributed by atoms with E-state index in [4.69, 9.17) is 4.42 Å². The van der Waals surface area contributed by atoms with Crippen molar-refractivity contribution in [1.82, 2.24) is 5.43 Å². The van der Waals surface area contributed by atoms with E-state index in [1.165, 1.54) is 16.7 Å². The summed E-state index contributed by atoms with van der Waals surface area (Å²) in [6.07, 6.45) is 0.674. The Hall–Kier alpha value is -2.88. The highest BCUT2D eigenvalue weighted by molar-refractivity contribution is 6.03. The second-order valence-corrected chi connectivity index (χ2v) is 6.29. The van der Waals surface area contributed by atoms with Gasteiger partial charge in [0.25, 0.3) is 0 Å². The number of hydrogen-bond acceptors (Lipinski definition) is 4. The number of nitrogens with one attached hydrogen (secondary N) is 1. The van der Waals surface area contributed by atoms with Crippen molar-refractivity contribution >= 4 is 16.7 Å². The van der Waals surface area contributed by atoms with Gasteiger partial charge in [0.2, 0.25) is 0 Å². The molecule has 0 saturated heterocycles. The van der Waals surface area contributed by atoms with Crippen molar-refractivity contribution in [3.63, 3.8) is 0 Å². The van der Waals surface area contributed by atoms with E-state index in [2.05, 4.69) is 42.6 Å². The summed E-state index contributed by atoms with van der Waals surface area (Å²) in [4.78, 5) is 12.3. The van der Waals surface area contributed by atoms with E-state index in [0.29, 0.717) is 17.6 Å². The van der Waals surface area contributed by atoms with E-state index in [1.807, 2.05) is 24.3 Å². The average Bonchev–Trinajstić information content (AvgIpc) is 3.06. The number of fused-ring (bicyclic) bond motifs is 1. The number of hydrazone groups is 1. The van der Waals surface area contributed by atoms with Crippen LogP contribution in [-0.2, 0) is 0 Å². The van der Waals surface area contributed by atoms with Crippen LogP contribution in [0.15, 0.2) is 62.8 Å². The summed E-state index contributed by atoms with van der Waals surface area (Å²) in [5.74, 6) is 0. The molecule has 2 aromatic carbocycles. The zero-order valence-corrected chi connectivity index (χ0v) is 13.7. The number of benzene rings is 2. The lowest BCUT2D eigenvalue weighted by molar-refractivity contribution is 0.559. The molecule has 0 radical (unpaired) electrons. The van der Waals surface area contributed by atoms with E-state index in [-0.39, 0.29) is 11.7 Å². The lowest BCUT2D eigenvalue weighted by Crippen LogP contribution is -2.14. The minimum atomic E-state index is -0.337. The summed E-state index contributed by atoms with van der Waals surface area (Å²) < 4.78 is 5.42. The zero-order valence-electron chi connectivity index (χ0n) is 13.7. The highest BCUT2D eigenvalue weighted by atomic mass is 16.4. The lowest BCUT2D eigenvalue weighted by atomic mass is 9.95. The third kappa shape index (κ3) is 2.50. The molecule has 0 amide bonds. The van der Waals surface area contributed by atoms with Crippen LogP contribution in [0.4, 0.5) is 0 Å². The van der Waals surface area contributed by atoms with Crippen molar-refractivity contribution in [3.8, 4) is 0 Å². The van der Waals surface area contributed by atoms with Gasteiger partial charge in [-0.1, -0.05) is 42.0 Å². The van der Waals surface area contributed by atoms with Gasteiger partial charge >= 0.3 is 5.63 Å². The molecule has 0 aliphatic carbocycles. The third-order valence-corrected chi connectivity index (χ3v) is 4.52. The molecule has 120 valence electrons. The smallest absolute Gasteiger partial charge is 0.345 e. The van der Waals surface area contributed by atoms with Crippen LogP contribution < -0.4 is 11.1 Å². The summed E-state index contributed by atoms with van der Waals surface area (Å²) in [6, 6.07) is 15.9. The SMILES string of the molecule is Cc1ccc(C)c(C2CC(c3cc4ccccc4oc3=O)=NN2)c1. The van der Waals surface area contributed by atoms with Gasteiger partial charge in [0.05, 0.1) is 17.3 Å². The summed E-state index contributed by atoms with van der Waals surface area (Å²) >= 11 is 0. The van der Waals surface area contributed by atoms with Crippen LogP contribution in [0.3, 0.4) is 0 Å². The van der Waals surface area contributed by atoms with Crippen molar-refractivity contribution in [2.75, 3.05) is 0 Å². The van der Waals surface area contributed by atoms with Crippen LogP contribution in [0.5, 0.6) is 0 Å². The molecule has 1 unspecified atom stereocenters. The van der Waals surface area contributed by atoms with Gasteiger partial charge in [-0.15, -0.1) is 0 Å². The number of para-hydroxylation sites is 1. The molecule has 1 atom stereocenters. The van der Waals surface area contributed by atoms with Crippen molar-refractivity contribution in [2.24, 2.45) is 5.10 Å². The maximum absolute atomic E-state index is 12.3. The molecule has 4 rings (SSSR count). The quantitative estimate of drug-likeness (QED) is 0.730. The summed E-state index contributed by atoms with van der Waals surface area (Å²) in [7, 11) is 0. The van der Waals surface area contributed by atoms with Gasteiger partial charge in [0.15, 0.2) is 0 Å². The first-order valence-corrected chi connectivity index (χ1v) is 8.04. The molecule has 1 N–H and O–H groups in total. The lowest BCUT2D eigenvalue weighted by Gasteiger charge is -2.14. The Balaban J connectivity index is 1.69. The Morgan fingerprint density at radius 3 is 2.83 bits per heavy atom. The normalized spacial score (nSPS) is 16.9. The van der Waals surface area contributed by atoms with Gasteiger partial charge in [-0.05, 0) is 37.1 Å². The Morgan fingerprint density at radius 2 is 1.96 bits per heavy atom. The standard InChI is InChI=1S/C20H18N2O2/c1-12-7-8-13(2)15(9-12)17-11-18(22-21-17)16-10-14-5-3-4-6-19(14)24-20(16)23/h3-10,17,21H,11H2,1-2H3. The fourth-order valence-corrected chi connectivity index (χ4v) is 3.19. The minimum absolute atomic E-state index is 0.0887. The highest BCUT2D eigenvalue weighted by Gasteiger charge is 2.25. The molecular formula is C20H18N2O2. The van der Waals surface area contributed by atoms with Crippen molar-refractivity contribution in [1.29, 1.82) is 0 Å². The Morgan fingerprint density at radius 1 is 1.12 bits per heavy atom. The van der Waals surface area contributed by atoms with Crippen LogP contribution >= 0.6 is 0 Å². The maximum atomic E-state index is 12.3. The fraction of sp³-hybridized carbons (Fsp3) is 0.200. The van der Waals surface area contributed by atoms with E-state index in [0.717, 1.165) is 11.1 Å². The maximum Gasteiger partial charge on any atom is 0.345 e. The number of aryl methyl sites for hydroxylation is 2. The van der Waals surface area contributed by atoms with Crippen molar-refractivity contribution in [2.45, 2.75) is 26.3 Å². The molecular weight excluding hydrogens is 300 g/mol. The second kappa shape index (κ2) is 5.64.